The van der Waals surface area contributed by atoms with Crippen molar-refractivity contribution in [1.82, 2.24) is 19.1 Å². The quantitative estimate of drug-likeness (QED) is 0.359. The van der Waals surface area contributed by atoms with Crippen molar-refractivity contribution in [3.05, 3.63) is 98.7 Å². The van der Waals surface area contributed by atoms with Gasteiger partial charge in [-0.2, -0.15) is 0 Å². The third-order valence-corrected chi connectivity index (χ3v) is 7.38. The molecule has 9 nitrogen and oxygen atoms in total. The largest absolute Gasteiger partial charge is 0.356 e. The van der Waals surface area contributed by atoms with Crippen molar-refractivity contribution in [3.63, 3.8) is 0 Å². The van der Waals surface area contributed by atoms with E-state index in [0.29, 0.717) is 23.9 Å². The highest BCUT2D eigenvalue weighted by Gasteiger charge is 2.21. The van der Waals surface area contributed by atoms with Gasteiger partial charge in [0, 0.05) is 19.2 Å². The van der Waals surface area contributed by atoms with Crippen molar-refractivity contribution in [1.29, 1.82) is 0 Å². The second-order valence-electron chi connectivity index (χ2n) is 9.03. The Labute approximate surface area is 206 Å². The van der Waals surface area contributed by atoms with Gasteiger partial charge in [-0.15, -0.1) is 0 Å². The van der Waals surface area contributed by atoms with E-state index in [1.54, 1.807) is 16.7 Å². The first-order valence-corrected chi connectivity index (χ1v) is 13.1. The normalized spacial score (nSPS) is 15.9. The van der Waals surface area contributed by atoms with Gasteiger partial charge in [-0.3, -0.25) is 18.9 Å². The predicted molar refractivity (Wildman–Crippen MR) is 139 cm³/mol. The summed E-state index contributed by atoms with van der Waals surface area (Å²) in [7, 11) is -2.88. The van der Waals surface area contributed by atoms with E-state index in [4.69, 9.17) is 0 Å². The van der Waals surface area contributed by atoms with E-state index < -0.39 is 18.8 Å². The van der Waals surface area contributed by atoms with E-state index in [0.717, 1.165) is 17.5 Å². The summed E-state index contributed by atoms with van der Waals surface area (Å²) in [6.45, 7) is 2.48. The van der Waals surface area contributed by atoms with Crippen molar-refractivity contribution in [2.24, 2.45) is 13.0 Å². The standard InChI is InChI=1S/C26H25N4O5P/c1-16-3-7-18(8-4-16)19-9-5-17(6-10-19)15-30-22-24(29(2)26(32)28-25(22)31)27-23(30)20-11-13-21(14-12-20)36(33,34)35/h3,5-14,16H,4,15H2,1-2H3,(H,28,31,32)(H2,33,34,35). The molecule has 3 N–H and O–H groups in total. The Balaban J connectivity index is 1.60. The van der Waals surface area contributed by atoms with E-state index in [-0.39, 0.29) is 16.5 Å². The number of hydrogen-bond donors (Lipinski definition) is 3. The van der Waals surface area contributed by atoms with E-state index in [9.17, 15) is 23.9 Å². The first kappa shape index (κ1) is 23.9. The number of nitrogens with one attached hydrogen (secondary N) is 1. The molecular weight excluding hydrogens is 479 g/mol. The molecular formula is C26H25N4O5P. The first-order valence-electron chi connectivity index (χ1n) is 11.5. The van der Waals surface area contributed by atoms with Gasteiger partial charge in [0.15, 0.2) is 11.2 Å². The highest BCUT2D eigenvalue weighted by Crippen LogP contribution is 2.34. The second kappa shape index (κ2) is 9.02. The fraction of sp³-hybridized carbons (Fsp3) is 0.192. The van der Waals surface area contributed by atoms with Gasteiger partial charge in [-0.1, -0.05) is 61.5 Å². The second-order valence-corrected chi connectivity index (χ2v) is 10.6. The summed E-state index contributed by atoms with van der Waals surface area (Å²) < 4.78 is 14.6. The zero-order valence-electron chi connectivity index (χ0n) is 19.8. The molecule has 1 atom stereocenters. The van der Waals surface area contributed by atoms with Crippen LogP contribution in [0.2, 0.25) is 0 Å². The number of benzene rings is 2. The van der Waals surface area contributed by atoms with Gasteiger partial charge in [-0.25, -0.2) is 9.78 Å². The Hall–Kier alpha value is -3.78. The van der Waals surface area contributed by atoms with Crippen molar-refractivity contribution >= 4 is 29.6 Å². The third kappa shape index (κ3) is 4.44. The Morgan fingerprint density at radius 3 is 2.33 bits per heavy atom. The zero-order valence-corrected chi connectivity index (χ0v) is 20.6. The minimum atomic E-state index is -4.40. The molecule has 0 bridgehead atoms. The minimum Gasteiger partial charge on any atom is -0.321 e. The summed E-state index contributed by atoms with van der Waals surface area (Å²) >= 11 is 0. The maximum atomic E-state index is 12.8. The van der Waals surface area contributed by atoms with Gasteiger partial charge in [0.1, 0.15) is 5.82 Å². The average Bonchev–Trinajstić information content (AvgIpc) is 3.23. The fourth-order valence-corrected chi connectivity index (χ4v) is 4.88. The Morgan fingerprint density at radius 2 is 1.72 bits per heavy atom. The van der Waals surface area contributed by atoms with E-state index in [1.165, 1.54) is 29.3 Å². The van der Waals surface area contributed by atoms with Gasteiger partial charge in [0.2, 0.25) is 0 Å². The molecule has 1 aliphatic rings. The zero-order chi connectivity index (χ0) is 25.6. The number of allylic oxidation sites excluding steroid dienone is 4. The molecule has 0 amide bonds. The molecule has 0 saturated carbocycles. The first-order chi connectivity index (χ1) is 17.1. The van der Waals surface area contributed by atoms with E-state index >= 15 is 0 Å². The smallest absolute Gasteiger partial charge is 0.321 e. The molecule has 36 heavy (non-hydrogen) atoms. The van der Waals surface area contributed by atoms with E-state index in [2.05, 4.69) is 35.1 Å². The van der Waals surface area contributed by atoms with Crippen LogP contribution in [-0.2, 0) is 18.2 Å². The summed E-state index contributed by atoms with van der Waals surface area (Å²) in [6.07, 6.45) is 7.55. The summed E-state index contributed by atoms with van der Waals surface area (Å²) in [6, 6.07) is 13.8. The lowest BCUT2D eigenvalue weighted by molar-refractivity contribution is 0.387. The molecule has 1 unspecified atom stereocenters. The number of H-pyrrole nitrogens is 1. The SMILES string of the molecule is CC1C=CC(c2ccc(Cn3c(-c4ccc(P(=O)(O)O)cc4)nc4c3c(=O)[nH]c(=O)n4C)cc2)=CC1. The van der Waals surface area contributed by atoms with Gasteiger partial charge in [0.25, 0.3) is 5.56 Å². The van der Waals surface area contributed by atoms with E-state index in [1.807, 2.05) is 24.3 Å². The Bertz CT molecular complexity index is 1690. The summed E-state index contributed by atoms with van der Waals surface area (Å²) in [5.74, 6) is 0.940. The molecule has 0 spiro atoms. The van der Waals surface area contributed by atoms with Gasteiger partial charge in [-0.05, 0) is 41.2 Å². The third-order valence-electron chi connectivity index (χ3n) is 6.41. The number of hydrogen-bond acceptors (Lipinski definition) is 4. The molecule has 2 aromatic heterocycles. The van der Waals surface area contributed by atoms with Crippen LogP contribution >= 0.6 is 7.60 Å². The van der Waals surface area contributed by atoms with Crippen LogP contribution in [-0.4, -0.2) is 28.9 Å². The maximum absolute atomic E-state index is 12.8. The molecule has 0 saturated heterocycles. The number of aryl methyl sites for hydroxylation is 1. The van der Waals surface area contributed by atoms with Crippen LogP contribution in [0.15, 0.2) is 76.3 Å². The Morgan fingerprint density at radius 1 is 1.06 bits per heavy atom. The summed E-state index contributed by atoms with van der Waals surface area (Å²) in [4.78, 5) is 50.8. The maximum Gasteiger partial charge on any atom is 0.356 e. The number of nitrogens with zero attached hydrogens (tertiary/aromatic N) is 3. The number of aromatic nitrogens is 4. The van der Waals surface area contributed by atoms with Crippen molar-refractivity contribution < 1.29 is 14.4 Å². The van der Waals surface area contributed by atoms with Crippen molar-refractivity contribution in [3.8, 4) is 11.4 Å². The molecule has 0 radical (unpaired) electrons. The van der Waals surface area contributed by atoms with Crippen LogP contribution in [0.5, 0.6) is 0 Å². The molecule has 1 aliphatic carbocycles. The van der Waals surface area contributed by atoms with Crippen LogP contribution in [0, 0.1) is 5.92 Å². The summed E-state index contributed by atoms with van der Waals surface area (Å²) in [5, 5.41) is -0.116. The molecule has 4 aromatic rings. The van der Waals surface area contributed by atoms with Crippen LogP contribution in [0.1, 0.15) is 24.5 Å². The lowest BCUT2D eigenvalue weighted by Crippen LogP contribution is -2.29. The van der Waals surface area contributed by atoms with Gasteiger partial charge >= 0.3 is 13.3 Å². The van der Waals surface area contributed by atoms with Crippen molar-refractivity contribution in [2.45, 2.75) is 19.9 Å². The Kier molecular flexibility index (Phi) is 6.00. The summed E-state index contributed by atoms with van der Waals surface area (Å²) in [5.41, 5.74) is 3.08. The predicted octanol–water partition coefficient (Wildman–Crippen LogP) is 2.92. The molecule has 184 valence electrons. The molecule has 5 rings (SSSR count). The minimum absolute atomic E-state index is 0.116. The molecule has 2 heterocycles. The molecule has 2 aromatic carbocycles. The van der Waals surface area contributed by atoms with Crippen molar-refractivity contribution in [2.75, 3.05) is 0 Å². The highest BCUT2D eigenvalue weighted by atomic mass is 31.2. The van der Waals surface area contributed by atoms with Gasteiger partial charge < -0.3 is 14.4 Å². The number of rotatable bonds is 5. The molecule has 0 aliphatic heterocycles. The van der Waals surface area contributed by atoms with Crippen LogP contribution in [0.4, 0.5) is 0 Å². The highest BCUT2D eigenvalue weighted by molar-refractivity contribution is 7.60. The lowest BCUT2D eigenvalue weighted by Gasteiger charge is -2.13. The lowest BCUT2D eigenvalue weighted by atomic mass is 9.94. The molecule has 10 heteroatoms. The van der Waals surface area contributed by atoms with Crippen LogP contribution in [0.25, 0.3) is 28.1 Å². The van der Waals surface area contributed by atoms with Gasteiger partial charge in [0.05, 0.1) is 5.30 Å². The fourth-order valence-electron chi connectivity index (χ4n) is 4.34. The number of imidazole rings is 1. The monoisotopic (exact) mass is 504 g/mol. The number of fused-ring (bicyclic) bond motifs is 1. The average molecular weight is 504 g/mol. The van der Waals surface area contributed by atoms with Crippen LogP contribution < -0.4 is 16.6 Å². The molecule has 0 fully saturated rings. The van der Waals surface area contributed by atoms with Crippen LogP contribution in [0.3, 0.4) is 0 Å². The topological polar surface area (TPSA) is 130 Å². The number of aromatic amines is 1.